The first kappa shape index (κ1) is 21.5. The molecule has 0 bridgehead atoms. The van der Waals surface area contributed by atoms with Crippen molar-refractivity contribution in [3.63, 3.8) is 0 Å². The third-order valence-corrected chi connectivity index (χ3v) is 4.27. The lowest BCUT2D eigenvalue weighted by Crippen LogP contribution is -2.51. The van der Waals surface area contributed by atoms with Crippen molar-refractivity contribution >= 4 is 11.9 Å². The molecule has 0 saturated heterocycles. The van der Waals surface area contributed by atoms with Crippen molar-refractivity contribution < 1.29 is 24.5 Å². The van der Waals surface area contributed by atoms with E-state index in [1.54, 1.807) is 12.1 Å². The summed E-state index contributed by atoms with van der Waals surface area (Å²) in [4.78, 5) is 23.7. The third kappa shape index (κ3) is 5.14. The number of carbonyl (C=O) groups excluding carboxylic acids is 1. The first-order valence-corrected chi connectivity index (χ1v) is 8.48. The predicted octanol–water partition coefficient (Wildman–Crippen LogP) is 0.829. The SMILES string of the molecule is C#C[C@](N)(Cc1ccc(OC(=O)[C@](N)(C#C)Cc2cccc(O)c2)cc1)C(=O)O. The lowest BCUT2D eigenvalue weighted by Gasteiger charge is -2.22. The van der Waals surface area contributed by atoms with Gasteiger partial charge in [-0.15, -0.1) is 12.8 Å². The molecule has 0 unspecified atom stereocenters. The van der Waals surface area contributed by atoms with Gasteiger partial charge in [-0.25, -0.2) is 9.59 Å². The zero-order valence-electron chi connectivity index (χ0n) is 15.5. The first-order valence-electron chi connectivity index (χ1n) is 8.48. The second-order valence-electron chi connectivity index (χ2n) is 6.59. The normalized spacial score (nSPS) is 14.5. The van der Waals surface area contributed by atoms with E-state index < -0.39 is 23.0 Å². The molecule has 0 fully saturated rings. The number of carboxylic acid groups (broad SMARTS) is 1. The number of benzene rings is 2. The summed E-state index contributed by atoms with van der Waals surface area (Å²) in [6, 6.07) is 12.2. The minimum atomic E-state index is -1.84. The van der Waals surface area contributed by atoms with Gasteiger partial charge in [0.05, 0.1) is 0 Å². The highest BCUT2D eigenvalue weighted by molar-refractivity contribution is 5.87. The fraction of sp³-hybridized carbons (Fsp3) is 0.182. The smallest absolute Gasteiger partial charge is 0.344 e. The van der Waals surface area contributed by atoms with Crippen LogP contribution in [0.4, 0.5) is 0 Å². The van der Waals surface area contributed by atoms with Gasteiger partial charge in [0.1, 0.15) is 11.5 Å². The number of aliphatic carboxylic acids is 1. The minimum absolute atomic E-state index is 0.0233. The molecular formula is C22H20N2O5. The maximum absolute atomic E-state index is 12.5. The molecule has 2 aromatic carbocycles. The number of rotatable bonds is 7. The highest BCUT2D eigenvalue weighted by Crippen LogP contribution is 2.20. The Hall–Kier alpha value is -3.78. The standard InChI is InChI=1S/C22H20N2O5/c1-3-21(23,19(26)27)13-15-8-10-18(11-9-15)29-20(28)22(24,4-2)14-16-6-5-7-17(25)12-16/h1-2,5-12,25H,13-14,23-24H2,(H,26,27)/t21-,22-/m0/s1. The Morgan fingerprint density at radius 3 is 2.07 bits per heavy atom. The van der Waals surface area contributed by atoms with Gasteiger partial charge in [-0.3, -0.25) is 0 Å². The first-order chi connectivity index (χ1) is 13.6. The van der Waals surface area contributed by atoms with Gasteiger partial charge in [0.15, 0.2) is 11.1 Å². The third-order valence-electron chi connectivity index (χ3n) is 4.27. The molecule has 148 valence electrons. The van der Waals surface area contributed by atoms with E-state index in [0.29, 0.717) is 11.1 Å². The molecule has 0 aromatic heterocycles. The molecule has 29 heavy (non-hydrogen) atoms. The molecule has 2 aromatic rings. The molecule has 0 aliphatic carbocycles. The highest BCUT2D eigenvalue weighted by Gasteiger charge is 2.35. The van der Waals surface area contributed by atoms with E-state index in [-0.39, 0.29) is 24.3 Å². The van der Waals surface area contributed by atoms with E-state index in [1.165, 1.54) is 36.4 Å². The summed E-state index contributed by atoms with van der Waals surface area (Å²) in [5.41, 5.74) is 9.24. The van der Waals surface area contributed by atoms with Gasteiger partial charge in [0.2, 0.25) is 0 Å². The number of hydrogen-bond acceptors (Lipinski definition) is 6. The van der Waals surface area contributed by atoms with Gasteiger partial charge in [0, 0.05) is 12.8 Å². The number of ether oxygens (including phenoxy) is 1. The molecule has 7 nitrogen and oxygen atoms in total. The average Bonchev–Trinajstić information content (AvgIpc) is 2.69. The van der Waals surface area contributed by atoms with Gasteiger partial charge in [-0.1, -0.05) is 36.1 Å². The molecular weight excluding hydrogens is 372 g/mol. The second kappa shape index (κ2) is 8.49. The van der Waals surface area contributed by atoms with Gasteiger partial charge in [0.25, 0.3) is 0 Å². The van der Waals surface area contributed by atoms with E-state index in [9.17, 15) is 14.7 Å². The van der Waals surface area contributed by atoms with Crippen LogP contribution in [0.5, 0.6) is 11.5 Å². The van der Waals surface area contributed by atoms with Crippen LogP contribution in [0.25, 0.3) is 0 Å². The molecule has 0 amide bonds. The molecule has 0 radical (unpaired) electrons. The monoisotopic (exact) mass is 392 g/mol. The second-order valence-corrected chi connectivity index (χ2v) is 6.59. The Balaban J connectivity index is 2.12. The summed E-state index contributed by atoms with van der Waals surface area (Å²) in [6.45, 7) is 0. The molecule has 0 saturated carbocycles. The molecule has 7 heteroatoms. The van der Waals surface area contributed by atoms with Crippen LogP contribution >= 0.6 is 0 Å². The molecule has 2 atom stereocenters. The Labute approximate surface area is 168 Å². The van der Waals surface area contributed by atoms with Crippen LogP contribution in [0.15, 0.2) is 48.5 Å². The van der Waals surface area contributed by atoms with Crippen LogP contribution in [0.2, 0.25) is 0 Å². The quantitative estimate of drug-likeness (QED) is 0.311. The summed E-state index contributed by atoms with van der Waals surface area (Å²) < 4.78 is 5.27. The van der Waals surface area contributed by atoms with Gasteiger partial charge >= 0.3 is 11.9 Å². The number of hydrogen-bond donors (Lipinski definition) is 4. The summed E-state index contributed by atoms with van der Waals surface area (Å²) in [7, 11) is 0. The predicted molar refractivity (Wildman–Crippen MR) is 107 cm³/mol. The lowest BCUT2D eigenvalue weighted by molar-refractivity contribution is -0.141. The zero-order chi connectivity index (χ0) is 21.7. The van der Waals surface area contributed by atoms with Crippen LogP contribution in [-0.4, -0.2) is 33.2 Å². The van der Waals surface area contributed by atoms with E-state index in [0.717, 1.165) is 0 Å². The van der Waals surface area contributed by atoms with Crippen molar-refractivity contribution in [1.82, 2.24) is 0 Å². The van der Waals surface area contributed by atoms with E-state index in [4.69, 9.17) is 34.2 Å². The van der Waals surface area contributed by atoms with Crippen LogP contribution in [-0.2, 0) is 22.4 Å². The lowest BCUT2D eigenvalue weighted by atomic mass is 9.92. The number of esters is 1. The van der Waals surface area contributed by atoms with Crippen molar-refractivity contribution in [3.8, 4) is 36.2 Å². The highest BCUT2D eigenvalue weighted by atomic mass is 16.5. The van der Waals surface area contributed by atoms with Crippen molar-refractivity contribution in [3.05, 3.63) is 59.7 Å². The van der Waals surface area contributed by atoms with E-state index in [1.807, 2.05) is 0 Å². The topological polar surface area (TPSA) is 136 Å². The fourth-order valence-corrected chi connectivity index (χ4v) is 2.55. The molecule has 0 spiro atoms. The number of phenolic OH excluding ortho intramolecular Hbond substituents is 1. The molecule has 0 aliphatic heterocycles. The molecule has 2 rings (SSSR count). The summed E-state index contributed by atoms with van der Waals surface area (Å²) in [6.07, 6.45) is 10.5. The number of nitrogens with two attached hydrogens (primary N) is 2. The average molecular weight is 392 g/mol. The largest absolute Gasteiger partial charge is 0.508 e. The molecule has 0 aliphatic rings. The maximum Gasteiger partial charge on any atom is 0.344 e. The van der Waals surface area contributed by atoms with E-state index >= 15 is 0 Å². The Bertz CT molecular complexity index is 1000. The zero-order valence-corrected chi connectivity index (χ0v) is 15.5. The van der Waals surface area contributed by atoms with Crippen molar-refractivity contribution in [2.24, 2.45) is 11.5 Å². The van der Waals surface area contributed by atoms with Crippen molar-refractivity contribution in [2.45, 2.75) is 23.9 Å². The molecule has 0 heterocycles. The van der Waals surface area contributed by atoms with Gasteiger partial charge in [-0.05, 0) is 35.4 Å². The summed E-state index contributed by atoms with van der Waals surface area (Å²) in [5, 5.41) is 18.7. The molecule has 6 N–H and O–H groups in total. The summed E-state index contributed by atoms with van der Waals surface area (Å²) in [5.74, 6) is 2.34. The number of phenols is 1. The fourth-order valence-electron chi connectivity index (χ4n) is 2.55. The van der Waals surface area contributed by atoms with Gasteiger partial charge in [-0.2, -0.15) is 0 Å². The van der Waals surface area contributed by atoms with E-state index in [2.05, 4.69) is 11.8 Å². The number of carboxylic acids is 1. The Morgan fingerprint density at radius 2 is 1.55 bits per heavy atom. The van der Waals surface area contributed by atoms with Gasteiger partial charge < -0.3 is 26.4 Å². The minimum Gasteiger partial charge on any atom is -0.508 e. The van der Waals surface area contributed by atoms with Crippen molar-refractivity contribution in [1.29, 1.82) is 0 Å². The maximum atomic E-state index is 12.5. The Morgan fingerprint density at radius 1 is 0.966 bits per heavy atom. The van der Waals surface area contributed by atoms with Crippen LogP contribution in [0, 0.1) is 24.7 Å². The Kier molecular flexibility index (Phi) is 6.30. The van der Waals surface area contributed by atoms with Crippen molar-refractivity contribution in [2.75, 3.05) is 0 Å². The number of carbonyl (C=O) groups is 2. The number of aromatic hydroxyl groups is 1. The van der Waals surface area contributed by atoms with Crippen LogP contribution < -0.4 is 16.2 Å². The summed E-state index contributed by atoms with van der Waals surface area (Å²) >= 11 is 0. The number of terminal acetylenes is 2. The van der Waals surface area contributed by atoms with Crippen LogP contribution in [0.3, 0.4) is 0 Å². The van der Waals surface area contributed by atoms with Crippen LogP contribution in [0.1, 0.15) is 11.1 Å².